The molecule has 0 N–H and O–H groups in total. The van der Waals surface area contributed by atoms with E-state index in [9.17, 15) is 4.79 Å². The molecule has 2 atom stereocenters. The van der Waals surface area contributed by atoms with Gasteiger partial charge in [-0.1, -0.05) is 42.5 Å². The average Bonchev–Trinajstić information content (AvgIpc) is 2.49. The number of ether oxygens (including phenoxy) is 1. The second-order valence-corrected chi connectivity index (χ2v) is 6.67. The van der Waals surface area contributed by atoms with E-state index >= 15 is 0 Å². The molecule has 0 aliphatic carbocycles. The molecule has 3 heteroatoms. The highest BCUT2D eigenvalue weighted by atomic mass is 16.6. The molecule has 0 saturated carbocycles. The van der Waals surface area contributed by atoms with Crippen LogP contribution in [0.2, 0.25) is 0 Å². The summed E-state index contributed by atoms with van der Waals surface area (Å²) in [7, 11) is 0. The maximum atomic E-state index is 12.2. The Morgan fingerprint density at radius 1 is 1.26 bits per heavy atom. The summed E-state index contributed by atoms with van der Waals surface area (Å²) in [5, 5.41) is 0. The van der Waals surface area contributed by atoms with Gasteiger partial charge in [0.25, 0.3) is 0 Å². The van der Waals surface area contributed by atoms with Crippen LogP contribution in [-0.2, 0) is 9.53 Å². The Kier molecular flexibility index (Phi) is 7.24. The predicted molar refractivity (Wildman–Crippen MR) is 96.2 cm³/mol. The van der Waals surface area contributed by atoms with E-state index in [0.717, 1.165) is 0 Å². The first-order valence-corrected chi connectivity index (χ1v) is 8.04. The Bertz CT molecular complexity index is 516. The van der Waals surface area contributed by atoms with E-state index in [1.807, 2.05) is 51.1 Å². The minimum absolute atomic E-state index is 0.0990. The van der Waals surface area contributed by atoms with Crippen molar-refractivity contribution in [3.05, 3.63) is 61.2 Å². The van der Waals surface area contributed by atoms with Gasteiger partial charge in [-0.25, -0.2) is 0 Å². The van der Waals surface area contributed by atoms with Crippen molar-refractivity contribution in [2.75, 3.05) is 6.54 Å². The summed E-state index contributed by atoms with van der Waals surface area (Å²) >= 11 is 0. The molecule has 0 amide bonds. The lowest BCUT2D eigenvalue weighted by atomic mass is 10.0. The van der Waals surface area contributed by atoms with Crippen molar-refractivity contribution in [1.82, 2.24) is 4.90 Å². The fourth-order valence-electron chi connectivity index (χ4n) is 2.54. The maximum absolute atomic E-state index is 12.2. The highest BCUT2D eigenvalue weighted by molar-refractivity contribution is 5.71. The Balaban J connectivity index is 2.90. The second kappa shape index (κ2) is 8.68. The number of benzene rings is 1. The lowest BCUT2D eigenvalue weighted by Gasteiger charge is -2.34. The number of rotatable bonds is 8. The van der Waals surface area contributed by atoms with Crippen LogP contribution >= 0.6 is 0 Å². The van der Waals surface area contributed by atoms with Crippen LogP contribution < -0.4 is 0 Å². The van der Waals surface area contributed by atoms with Gasteiger partial charge in [0, 0.05) is 18.6 Å². The average molecular weight is 315 g/mol. The highest BCUT2D eigenvalue weighted by Crippen LogP contribution is 2.24. The van der Waals surface area contributed by atoms with Gasteiger partial charge in [-0.15, -0.1) is 13.2 Å². The Labute approximate surface area is 140 Å². The first kappa shape index (κ1) is 19.2. The predicted octanol–water partition coefficient (Wildman–Crippen LogP) is 4.52. The van der Waals surface area contributed by atoms with Gasteiger partial charge in [-0.05, 0) is 33.3 Å². The maximum Gasteiger partial charge on any atom is 0.308 e. The van der Waals surface area contributed by atoms with Crippen LogP contribution in [0.15, 0.2) is 55.6 Å². The summed E-state index contributed by atoms with van der Waals surface area (Å²) < 4.78 is 5.44. The third kappa shape index (κ3) is 6.41. The molecule has 1 aromatic carbocycles. The molecule has 0 spiro atoms. The number of carbonyl (C=O) groups excluding carboxylic acids is 1. The molecule has 1 rings (SSSR count). The largest absolute Gasteiger partial charge is 0.460 e. The molecular formula is C20H29NO2. The standard InChI is InChI=1S/C20H29NO2/c1-7-14-21(16(3)17-12-10-9-11-13-17)18(8-2)15-19(22)23-20(4,5)6/h7-13,16,18H,1-2,14-15H2,3-6H3. The van der Waals surface area contributed by atoms with Gasteiger partial charge in [0.05, 0.1) is 6.42 Å². The zero-order chi connectivity index (χ0) is 17.5. The van der Waals surface area contributed by atoms with Crippen molar-refractivity contribution in [3.63, 3.8) is 0 Å². The quantitative estimate of drug-likeness (QED) is 0.522. The monoisotopic (exact) mass is 315 g/mol. The molecule has 0 fully saturated rings. The van der Waals surface area contributed by atoms with E-state index in [0.29, 0.717) is 6.54 Å². The topological polar surface area (TPSA) is 29.5 Å². The van der Waals surface area contributed by atoms with E-state index in [1.165, 1.54) is 5.56 Å². The summed E-state index contributed by atoms with van der Waals surface area (Å²) in [5.41, 5.74) is 0.724. The zero-order valence-corrected chi connectivity index (χ0v) is 14.8. The zero-order valence-electron chi connectivity index (χ0n) is 14.8. The summed E-state index contributed by atoms with van der Waals surface area (Å²) in [6, 6.07) is 10.3. The van der Waals surface area contributed by atoms with Gasteiger partial charge in [0.15, 0.2) is 0 Å². The number of hydrogen-bond donors (Lipinski definition) is 0. The summed E-state index contributed by atoms with van der Waals surface area (Å²) in [4.78, 5) is 14.4. The SMILES string of the molecule is C=CCN(C(C=C)CC(=O)OC(C)(C)C)C(C)c1ccccc1. The van der Waals surface area contributed by atoms with Crippen LogP contribution in [0.1, 0.15) is 45.7 Å². The van der Waals surface area contributed by atoms with Gasteiger partial charge in [-0.2, -0.15) is 0 Å². The van der Waals surface area contributed by atoms with Crippen molar-refractivity contribution >= 4 is 5.97 Å². The van der Waals surface area contributed by atoms with Crippen LogP contribution in [0.5, 0.6) is 0 Å². The molecule has 0 heterocycles. The number of nitrogens with zero attached hydrogens (tertiary/aromatic N) is 1. The minimum atomic E-state index is -0.475. The normalized spacial score (nSPS) is 14.1. The fraction of sp³-hybridized carbons (Fsp3) is 0.450. The lowest BCUT2D eigenvalue weighted by molar-refractivity contribution is -0.156. The van der Waals surface area contributed by atoms with E-state index in [1.54, 1.807) is 0 Å². The van der Waals surface area contributed by atoms with Crippen LogP contribution in [0.25, 0.3) is 0 Å². The van der Waals surface area contributed by atoms with Crippen LogP contribution in [-0.4, -0.2) is 29.1 Å². The second-order valence-electron chi connectivity index (χ2n) is 6.67. The summed E-state index contributed by atoms with van der Waals surface area (Å²) in [5.74, 6) is -0.211. The van der Waals surface area contributed by atoms with E-state index in [2.05, 4.69) is 37.1 Å². The third-order valence-corrected chi connectivity index (χ3v) is 3.61. The minimum Gasteiger partial charge on any atom is -0.460 e. The number of hydrogen-bond acceptors (Lipinski definition) is 3. The number of carbonyl (C=O) groups is 1. The first-order valence-electron chi connectivity index (χ1n) is 8.04. The van der Waals surface area contributed by atoms with Crippen LogP contribution in [0.4, 0.5) is 0 Å². The molecular weight excluding hydrogens is 286 g/mol. The van der Waals surface area contributed by atoms with Crippen molar-refractivity contribution in [1.29, 1.82) is 0 Å². The van der Waals surface area contributed by atoms with E-state index in [4.69, 9.17) is 4.74 Å². The van der Waals surface area contributed by atoms with E-state index in [-0.39, 0.29) is 24.5 Å². The molecule has 2 unspecified atom stereocenters. The Morgan fingerprint density at radius 2 is 1.87 bits per heavy atom. The molecule has 0 aliphatic heterocycles. The highest BCUT2D eigenvalue weighted by Gasteiger charge is 2.26. The van der Waals surface area contributed by atoms with Gasteiger partial charge in [-0.3, -0.25) is 9.69 Å². The smallest absolute Gasteiger partial charge is 0.308 e. The van der Waals surface area contributed by atoms with Crippen molar-refractivity contribution in [2.24, 2.45) is 0 Å². The molecule has 1 aromatic rings. The molecule has 3 nitrogen and oxygen atoms in total. The van der Waals surface area contributed by atoms with Gasteiger partial charge in [0.1, 0.15) is 5.60 Å². The van der Waals surface area contributed by atoms with Crippen molar-refractivity contribution in [3.8, 4) is 0 Å². The summed E-state index contributed by atoms with van der Waals surface area (Å²) in [6.07, 6.45) is 3.95. The van der Waals surface area contributed by atoms with Gasteiger partial charge in [0.2, 0.25) is 0 Å². The Morgan fingerprint density at radius 3 is 2.35 bits per heavy atom. The van der Waals surface area contributed by atoms with Crippen molar-refractivity contribution < 1.29 is 9.53 Å². The van der Waals surface area contributed by atoms with Gasteiger partial charge < -0.3 is 4.74 Å². The van der Waals surface area contributed by atoms with Crippen LogP contribution in [0.3, 0.4) is 0 Å². The molecule has 0 aromatic heterocycles. The Hall–Kier alpha value is -1.87. The number of esters is 1. The molecule has 0 aliphatic rings. The molecule has 0 radical (unpaired) electrons. The van der Waals surface area contributed by atoms with Gasteiger partial charge >= 0.3 is 5.97 Å². The molecule has 23 heavy (non-hydrogen) atoms. The first-order chi connectivity index (χ1) is 10.8. The summed E-state index contributed by atoms with van der Waals surface area (Å²) in [6.45, 7) is 16.2. The molecule has 126 valence electrons. The lowest BCUT2D eigenvalue weighted by Crippen LogP contribution is -2.39. The fourth-order valence-corrected chi connectivity index (χ4v) is 2.54. The molecule has 0 bridgehead atoms. The van der Waals surface area contributed by atoms with Crippen LogP contribution in [0, 0.1) is 0 Å². The van der Waals surface area contributed by atoms with Crippen molar-refractivity contribution in [2.45, 2.75) is 51.8 Å². The third-order valence-electron chi connectivity index (χ3n) is 3.61. The molecule has 0 saturated heterocycles. The van der Waals surface area contributed by atoms with E-state index < -0.39 is 5.60 Å².